The van der Waals surface area contributed by atoms with Gasteiger partial charge in [0.1, 0.15) is 0 Å². The first kappa shape index (κ1) is 18.2. The second-order valence-electron chi connectivity index (χ2n) is 5.96. The normalized spacial score (nSPS) is 23.2. The van der Waals surface area contributed by atoms with Crippen LogP contribution in [0.5, 0.6) is 0 Å². The van der Waals surface area contributed by atoms with Crippen LogP contribution >= 0.6 is 23.2 Å². The van der Waals surface area contributed by atoms with Crippen LogP contribution in [0.2, 0.25) is 0 Å². The molecule has 0 aromatic carbocycles. The molecule has 2 aromatic rings. The maximum atomic E-state index is 12.0. The Morgan fingerprint density at radius 2 is 2.16 bits per heavy atom. The van der Waals surface area contributed by atoms with E-state index < -0.39 is 5.97 Å². The number of esters is 1. The molecule has 25 heavy (non-hydrogen) atoms. The predicted molar refractivity (Wildman–Crippen MR) is 97.4 cm³/mol. The summed E-state index contributed by atoms with van der Waals surface area (Å²) in [6.45, 7) is 4.23. The van der Waals surface area contributed by atoms with Crippen molar-refractivity contribution in [3.8, 4) is 0 Å². The van der Waals surface area contributed by atoms with Gasteiger partial charge in [0.15, 0.2) is 5.69 Å². The maximum absolute atomic E-state index is 12.0. The highest BCUT2D eigenvalue weighted by Gasteiger charge is 2.30. The van der Waals surface area contributed by atoms with Gasteiger partial charge in [0, 0.05) is 41.0 Å². The van der Waals surface area contributed by atoms with Gasteiger partial charge in [0.25, 0.3) is 0 Å². The van der Waals surface area contributed by atoms with Crippen molar-refractivity contribution in [2.24, 2.45) is 5.73 Å². The zero-order chi connectivity index (χ0) is 18.1. The number of hydrogen-bond acceptors (Lipinski definition) is 5. The molecule has 0 saturated carbocycles. The number of carbonyl (C=O) groups excluding carboxylic acids is 1. The van der Waals surface area contributed by atoms with Gasteiger partial charge in [-0.25, -0.2) is 14.8 Å². The molecule has 2 heterocycles. The second-order valence-corrected chi connectivity index (χ2v) is 7.08. The number of nitrogens with two attached hydrogens (primary N) is 1. The highest BCUT2D eigenvalue weighted by atomic mass is 35.5. The Morgan fingerprint density at radius 3 is 2.80 bits per heavy atom. The number of fused-ring (bicyclic) bond motifs is 1. The van der Waals surface area contributed by atoms with Crippen LogP contribution in [0.25, 0.3) is 5.78 Å². The lowest BCUT2D eigenvalue weighted by atomic mass is 9.89. The summed E-state index contributed by atoms with van der Waals surface area (Å²) >= 11 is 12.8. The maximum Gasteiger partial charge on any atom is 0.358 e. The fourth-order valence-electron chi connectivity index (χ4n) is 3.16. The zero-order valence-electron chi connectivity index (χ0n) is 14.1. The van der Waals surface area contributed by atoms with E-state index in [0.717, 1.165) is 17.0 Å². The van der Waals surface area contributed by atoms with Crippen LogP contribution in [0.1, 0.15) is 46.7 Å². The van der Waals surface area contributed by atoms with Crippen LogP contribution in [0.15, 0.2) is 18.3 Å². The largest absolute Gasteiger partial charge is 0.461 e. The summed E-state index contributed by atoms with van der Waals surface area (Å²) in [7, 11) is 0. The summed E-state index contributed by atoms with van der Waals surface area (Å²) in [5, 5.41) is -0.271. The molecule has 2 unspecified atom stereocenters. The van der Waals surface area contributed by atoms with Crippen molar-refractivity contribution in [3.63, 3.8) is 0 Å². The number of carbonyl (C=O) groups is 1. The minimum absolute atomic E-state index is 0.0867. The van der Waals surface area contributed by atoms with E-state index in [2.05, 4.69) is 9.97 Å². The molecular weight excluding hydrogens is 363 g/mol. The molecule has 0 bridgehead atoms. The summed E-state index contributed by atoms with van der Waals surface area (Å²) < 4.78 is 6.83. The number of rotatable bonds is 4. The smallest absolute Gasteiger partial charge is 0.358 e. The average molecular weight is 383 g/mol. The van der Waals surface area contributed by atoms with Gasteiger partial charge in [0.05, 0.1) is 12.0 Å². The second kappa shape index (κ2) is 7.32. The molecule has 0 saturated heterocycles. The molecule has 2 N–H and O–H groups in total. The summed E-state index contributed by atoms with van der Waals surface area (Å²) in [6.07, 6.45) is 6.22. The first-order valence-electron chi connectivity index (χ1n) is 8.18. The molecule has 3 rings (SSSR count). The van der Waals surface area contributed by atoms with Crippen molar-refractivity contribution in [1.29, 1.82) is 0 Å². The van der Waals surface area contributed by atoms with E-state index in [1.165, 1.54) is 0 Å². The topological polar surface area (TPSA) is 82.5 Å². The Kier molecular flexibility index (Phi) is 5.32. The number of nitrogens with zero attached hydrogens (tertiary/aromatic N) is 3. The molecule has 3 atom stereocenters. The van der Waals surface area contributed by atoms with E-state index in [1.807, 2.05) is 19.1 Å². The molecule has 134 valence electrons. The number of ether oxygens (including phenoxy) is 1. The molecule has 1 aliphatic carbocycles. The SMILES string of the molecule is CCOC(=O)c1cn2c(C3C=C[C@@H](Cl)CC3Cl)c(CN)c(C)nc2n1. The standard InChI is InChI=1S/C17H20Cl2N4O2/c1-3-25-16(24)14-8-23-15(11-5-4-10(18)6-13(11)19)12(7-20)9(2)21-17(23)22-14/h4-5,8,10-11,13H,3,6-7,20H2,1-2H3/t10-,11?,13?/m1/s1. The number of imidazole rings is 1. The van der Waals surface area contributed by atoms with Crippen molar-refractivity contribution >= 4 is 34.9 Å². The first-order chi connectivity index (χ1) is 12.0. The minimum atomic E-state index is -0.478. The first-order valence-corrected chi connectivity index (χ1v) is 9.05. The summed E-state index contributed by atoms with van der Waals surface area (Å²) in [5.41, 5.74) is 8.76. The van der Waals surface area contributed by atoms with Crippen LogP contribution in [-0.4, -0.2) is 37.7 Å². The van der Waals surface area contributed by atoms with Gasteiger partial charge in [-0.3, -0.25) is 4.40 Å². The third kappa shape index (κ3) is 3.38. The number of aromatic nitrogens is 3. The van der Waals surface area contributed by atoms with Crippen molar-refractivity contribution in [3.05, 3.63) is 41.0 Å². The molecule has 2 aromatic heterocycles. The van der Waals surface area contributed by atoms with Crippen LogP contribution < -0.4 is 5.73 Å². The van der Waals surface area contributed by atoms with Gasteiger partial charge >= 0.3 is 5.97 Å². The molecular formula is C17H20Cl2N4O2. The van der Waals surface area contributed by atoms with Crippen molar-refractivity contribution in [2.75, 3.05) is 6.61 Å². The van der Waals surface area contributed by atoms with Crippen LogP contribution in [-0.2, 0) is 11.3 Å². The van der Waals surface area contributed by atoms with Crippen LogP contribution in [0.3, 0.4) is 0 Å². The molecule has 0 amide bonds. The number of hydrogen-bond donors (Lipinski definition) is 1. The van der Waals surface area contributed by atoms with Crippen molar-refractivity contribution < 1.29 is 9.53 Å². The Bertz CT molecular complexity index is 834. The van der Waals surface area contributed by atoms with Crippen LogP contribution in [0, 0.1) is 6.92 Å². The molecule has 1 aliphatic rings. The fraction of sp³-hybridized carbons (Fsp3) is 0.471. The average Bonchev–Trinajstić information content (AvgIpc) is 2.98. The lowest BCUT2D eigenvalue weighted by Gasteiger charge is -2.28. The van der Waals surface area contributed by atoms with E-state index in [4.69, 9.17) is 33.7 Å². The van der Waals surface area contributed by atoms with E-state index in [0.29, 0.717) is 18.7 Å². The van der Waals surface area contributed by atoms with E-state index >= 15 is 0 Å². The van der Waals surface area contributed by atoms with Crippen molar-refractivity contribution in [2.45, 2.75) is 43.5 Å². The minimum Gasteiger partial charge on any atom is -0.461 e. The predicted octanol–water partition coefficient (Wildman–Crippen LogP) is 2.93. The number of aryl methyl sites for hydroxylation is 1. The van der Waals surface area contributed by atoms with E-state index in [1.54, 1.807) is 17.5 Å². The van der Waals surface area contributed by atoms with Gasteiger partial charge in [0.2, 0.25) is 5.78 Å². The fourth-order valence-corrected chi connectivity index (χ4v) is 3.92. The number of alkyl halides is 2. The number of allylic oxidation sites excluding steroid dienone is 2. The lowest BCUT2D eigenvalue weighted by molar-refractivity contribution is 0.0520. The molecule has 6 nitrogen and oxygen atoms in total. The van der Waals surface area contributed by atoms with Crippen molar-refractivity contribution in [1.82, 2.24) is 14.4 Å². The Labute approximate surface area is 156 Å². The molecule has 0 spiro atoms. The third-order valence-electron chi connectivity index (χ3n) is 4.33. The zero-order valence-corrected chi connectivity index (χ0v) is 15.6. The third-order valence-corrected chi connectivity index (χ3v) is 5.11. The van der Waals surface area contributed by atoms with Gasteiger partial charge in [-0.2, -0.15) is 0 Å². The van der Waals surface area contributed by atoms with E-state index in [9.17, 15) is 4.79 Å². The molecule has 0 fully saturated rings. The Hall–Kier alpha value is -1.63. The highest BCUT2D eigenvalue weighted by molar-refractivity contribution is 6.25. The van der Waals surface area contributed by atoms with Gasteiger partial charge < -0.3 is 10.5 Å². The monoisotopic (exact) mass is 382 g/mol. The summed E-state index contributed by atoms with van der Waals surface area (Å²) in [6, 6.07) is 0. The quantitative estimate of drug-likeness (QED) is 0.499. The Morgan fingerprint density at radius 1 is 1.40 bits per heavy atom. The van der Waals surface area contributed by atoms with E-state index in [-0.39, 0.29) is 29.0 Å². The summed E-state index contributed by atoms with van der Waals surface area (Å²) in [4.78, 5) is 20.8. The number of halogens is 2. The molecule has 0 radical (unpaired) electrons. The molecule has 0 aliphatic heterocycles. The van der Waals surface area contributed by atoms with Crippen LogP contribution in [0.4, 0.5) is 0 Å². The van der Waals surface area contributed by atoms with Gasteiger partial charge in [-0.15, -0.1) is 23.2 Å². The highest BCUT2D eigenvalue weighted by Crippen LogP contribution is 2.36. The molecule has 8 heteroatoms. The van der Waals surface area contributed by atoms with Gasteiger partial charge in [-0.1, -0.05) is 12.2 Å². The lowest BCUT2D eigenvalue weighted by Crippen LogP contribution is -2.24. The Balaban J connectivity index is 2.20. The van der Waals surface area contributed by atoms with Gasteiger partial charge in [-0.05, 0) is 20.3 Å². The summed E-state index contributed by atoms with van der Waals surface area (Å²) in [5.74, 6) is -0.144.